The molecule has 0 saturated carbocycles. The average Bonchev–Trinajstić information content (AvgIpc) is 3.27. The molecule has 0 aliphatic carbocycles. The third kappa shape index (κ3) is 4.13. The van der Waals surface area contributed by atoms with Crippen LogP contribution in [0.1, 0.15) is 41.4 Å². The van der Waals surface area contributed by atoms with Gasteiger partial charge < -0.3 is 10.2 Å². The van der Waals surface area contributed by atoms with Crippen LogP contribution in [0.2, 0.25) is 0 Å². The summed E-state index contributed by atoms with van der Waals surface area (Å²) in [7, 11) is 0. The zero-order valence-electron chi connectivity index (χ0n) is 15.7. The molecule has 144 valence electrons. The fraction of sp³-hybridized carbons (Fsp3) is 0.368. The van der Waals surface area contributed by atoms with Gasteiger partial charge in [0.25, 0.3) is 5.91 Å². The molecular weight excluding hydrogens is 356 g/mol. The van der Waals surface area contributed by atoms with Gasteiger partial charge in [-0.25, -0.2) is 24.6 Å². The minimum absolute atomic E-state index is 0.237. The molecule has 0 aromatic carbocycles. The van der Waals surface area contributed by atoms with Crippen molar-refractivity contribution in [3.05, 3.63) is 54.1 Å². The Labute approximate surface area is 162 Å². The molecule has 3 aromatic heterocycles. The van der Waals surface area contributed by atoms with Crippen molar-refractivity contribution in [2.24, 2.45) is 0 Å². The van der Waals surface area contributed by atoms with Crippen LogP contribution in [0.5, 0.6) is 0 Å². The fourth-order valence-electron chi connectivity index (χ4n) is 3.21. The van der Waals surface area contributed by atoms with Crippen LogP contribution in [0.3, 0.4) is 0 Å². The topological polar surface area (TPSA) is 102 Å². The van der Waals surface area contributed by atoms with Crippen molar-refractivity contribution in [2.75, 3.05) is 18.0 Å². The van der Waals surface area contributed by atoms with E-state index in [-0.39, 0.29) is 18.1 Å². The second-order valence-electron chi connectivity index (χ2n) is 6.67. The van der Waals surface area contributed by atoms with Crippen molar-refractivity contribution >= 4 is 11.7 Å². The maximum atomic E-state index is 12.6. The van der Waals surface area contributed by atoms with Gasteiger partial charge in [-0.1, -0.05) is 0 Å². The molecule has 0 atom stereocenters. The minimum Gasteiger partial charge on any atom is -0.357 e. The molecule has 4 rings (SSSR count). The zero-order valence-corrected chi connectivity index (χ0v) is 15.7. The van der Waals surface area contributed by atoms with Crippen molar-refractivity contribution in [1.29, 1.82) is 0 Å². The summed E-state index contributed by atoms with van der Waals surface area (Å²) in [6.45, 7) is 4.01. The Kier molecular flexibility index (Phi) is 5.22. The first-order valence-electron chi connectivity index (χ1n) is 9.40. The van der Waals surface area contributed by atoms with Crippen LogP contribution in [0.15, 0.2) is 36.8 Å². The van der Waals surface area contributed by atoms with E-state index in [2.05, 4.69) is 35.3 Å². The number of aromatic nitrogens is 6. The Morgan fingerprint density at radius 1 is 1.11 bits per heavy atom. The summed E-state index contributed by atoms with van der Waals surface area (Å²) in [5.41, 5.74) is 0.283. The fourth-order valence-corrected chi connectivity index (χ4v) is 3.21. The van der Waals surface area contributed by atoms with Crippen LogP contribution < -0.4 is 10.2 Å². The molecule has 1 aliphatic rings. The van der Waals surface area contributed by atoms with Gasteiger partial charge in [0.05, 0.1) is 6.54 Å². The summed E-state index contributed by atoms with van der Waals surface area (Å²) in [5, 5.41) is 6.99. The second-order valence-corrected chi connectivity index (χ2v) is 6.67. The number of amides is 1. The third-order valence-electron chi connectivity index (χ3n) is 4.57. The Hall–Kier alpha value is -3.36. The lowest BCUT2D eigenvalue weighted by Crippen LogP contribution is -2.31. The largest absolute Gasteiger partial charge is 0.357 e. The maximum Gasteiger partial charge on any atom is 0.270 e. The molecule has 9 nitrogen and oxygen atoms in total. The van der Waals surface area contributed by atoms with Crippen molar-refractivity contribution in [3.63, 3.8) is 0 Å². The monoisotopic (exact) mass is 378 g/mol. The van der Waals surface area contributed by atoms with E-state index in [1.54, 1.807) is 42.3 Å². The number of carbonyl (C=O) groups is 1. The molecule has 1 aliphatic heterocycles. The molecule has 0 spiro atoms. The number of hydrogen-bond donors (Lipinski definition) is 1. The molecule has 0 unspecified atom stereocenters. The molecule has 9 heteroatoms. The van der Waals surface area contributed by atoms with Crippen LogP contribution in [0.25, 0.3) is 5.82 Å². The smallest absolute Gasteiger partial charge is 0.270 e. The molecule has 0 radical (unpaired) electrons. The molecule has 1 N–H and O–H groups in total. The summed E-state index contributed by atoms with van der Waals surface area (Å²) in [6.07, 6.45) is 8.79. The molecule has 4 heterocycles. The van der Waals surface area contributed by atoms with E-state index >= 15 is 0 Å². The third-order valence-corrected chi connectivity index (χ3v) is 4.57. The van der Waals surface area contributed by atoms with Crippen LogP contribution in [0.4, 0.5) is 5.82 Å². The predicted octanol–water partition coefficient (Wildman–Crippen LogP) is 1.68. The molecule has 0 bridgehead atoms. The first-order valence-corrected chi connectivity index (χ1v) is 9.40. The van der Waals surface area contributed by atoms with Gasteiger partial charge in [0, 0.05) is 37.7 Å². The Bertz CT molecular complexity index is 950. The van der Waals surface area contributed by atoms with Gasteiger partial charge in [-0.15, -0.1) is 0 Å². The number of nitrogens with zero attached hydrogens (tertiary/aromatic N) is 7. The Balaban J connectivity index is 1.45. The minimum atomic E-state index is -0.300. The standard InChI is InChI=1S/C19H22N8O/c1-14-23-15(12-18(24-14)27-11-5-7-22-27)19(28)21-13-16-20-8-6-17(25-16)26-9-3-2-4-10-26/h5-8,11-12H,2-4,9-10,13H2,1H3,(H,21,28). The zero-order chi connectivity index (χ0) is 19.3. The van der Waals surface area contributed by atoms with Gasteiger partial charge in [0.2, 0.25) is 0 Å². The van der Waals surface area contributed by atoms with Crippen molar-refractivity contribution in [1.82, 2.24) is 35.0 Å². The van der Waals surface area contributed by atoms with Gasteiger partial charge in [-0.05, 0) is 38.3 Å². The molecule has 3 aromatic rings. The van der Waals surface area contributed by atoms with Crippen LogP contribution in [-0.2, 0) is 6.54 Å². The highest BCUT2D eigenvalue weighted by atomic mass is 16.1. The van der Waals surface area contributed by atoms with Crippen LogP contribution in [0, 0.1) is 6.92 Å². The van der Waals surface area contributed by atoms with Crippen LogP contribution in [-0.4, -0.2) is 48.7 Å². The summed E-state index contributed by atoms with van der Waals surface area (Å²) in [5.74, 6) is 2.24. The maximum absolute atomic E-state index is 12.6. The predicted molar refractivity (Wildman–Crippen MR) is 103 cm³/mol. The highest BCUT2D eigenvalue weighted by Crippen LogP contribution is 2.16. The van der Waals surface area contributed by atoms with Gasteiger partial charge in [0.1, 0.15) is 23.2 Å². The highest BCUT2D eigenvalue weighted by molar-refractivity contribution is 5.92. The SMILES string of the molecule is Cc1nc(C(=O)NCc2nccc(N3CCCCC3)n2)cc(-n2cccn2)n1. The molecular formula is C19H22N8O. The van der Waals surface area contributed by atoms with Gasteiger partial charge >= 0.3 is 0 Å². The molecule has 1 fully saturated rings. The number of piperidine rings is 1. The van der Waals surface area contributed by atoms with Crippen molar-refractivity contribution in [2.45, 2.75) is 32.7 Å². The lowest BCUT2D eigenvalue weighted by molar-refractivity contribution is 0.0944. The number of anilines is 1. The lowest BCUT2D eigenvalue weighted by Gasteiger charge is -2.27. The van der Waals surface area contributed by atoms with E-state index in [1.165, 1.54) is 19.3 Å². The highest BCUT2D eigenvalue weighted by Gasteiger charge is 2.15. The van der Waals surface area contributed by atoms with Gasteiger partial charge in [0.15, 0.2) is 5.82 Å². The first kappa shape index (κ1) is 18.0. The summed E-state index contributed by atoms with van der Waals surface area (Å²) < 4.78 is 1.59. The van der Waals surface area contributed by atoms with E-state index < -0.39 is 0 Å². The molecule has 28 heavy (non-hydrogen) atoms. The number of carbonyl (C=O) groups excluding carboxylic acids is 1. The van der Waals surface area contributed by atoms with Crippen molar-refractivity contribution in [3.8, 4) is 5.82 Å². The number of hydrogen-bond acceptors (Lipinski definition) is 7. The summed E-state index contributed by atoms with van der Waals surface area (Å²) in [4.78, 5) is 32.3. The van der Waals surface area contributed by atoms with Crippen molar-refractivity contribution < 1.29 is 4.79 Å². The van der Waals surface area contributed by atoms with E-state index in [0.717, 1.165) is 18.9 Å². The van der Waals surface area contributed by atoms with Gasteiger partial charge in [-0.3, -0.25) is 4.79 Å². The normalized spacial score (nSPS) is 14.1. The molecule has 1 amide bonds. The average molecular weight is 378 g/mol. The molecule has 1 saturated heterocycles. The second kappa shape index (κ2) is 8.12. The van der Waals surface area contributed by atoms with Crippen LogP contribution >= 0.6 is 0 Å². The number of rotatable bonds is 5. The van der Waals surface area contributed by atoms with Gasteiger partial charge in [-0.2, -0.15) is 5.10 Å². The quantitative estimate of drug-likeness (QED) is 0.721. The number of nitrogens with one attached hydrogen (secondary N) is 1. The lowest BCUT2D eigenvalue weighted by atomic mass is 10.1. The summed E-state index contributed by atoms with van der Waals surface area (Å²) in [6, 6.07) is 5.32. The Morgan fingerprint density at radius 2 is 1.96 bits per heavy atom. The first-order chi connectivity index (χ1) is 13.7. The summed E-state index contributed by atoms with van der Waals surface area (Å²) >= 11 is 0. The van der Waals surface area contributed by atoms with E-state index in [9.17, 15) is 4.79 Å². The van der Waals surface area contributed by atoms with E-state index in [4.69, 9.17) is 0 Å². The Morgan fingerprint density at radius 3 is 2.75 bits per heavy atom. The number of aryl methyl sites for hydroxylation is 1. The van der Waals surface area contributed by atoms with E-state index in [1.807, 2.05) is 6.07 Å². The van der Waals surface area contributed by atoms with E-state index in [0.29, 0.717) is 17.5 Å².